The number of fused-ring (bicyclic) bond motifs is 6. The highest BCUT2D eigenvalue weighted by Gasteiger charge is 2.16. The van der Waals surface area contributed by atoms with E-state index in [1.165, 1.54) is 33.0 Å². The van der Waals surface area contributed by atoms with Crippen molar-refractivity contribution in [2.75, 3.05) is 0 Å². The molecular formula is C33H20FN3. The van der Waals surface area contributed by atoms with E-state index in [0.29, 0.717) is 23.0 Å². The van der Waals surface area contributed by atoms with Gasteiger partial charge in [0.1, 0.15) is 5.82 Å². The molecule has 1 aromatic heterocycles. The highest BCUT2D eigenvalue weighted by molar-refractivity contribution is 6.25. The molecular weight excluding hydrogens is 457 g/mol. The predicted octanol–water partition coefficient (Wildman–Crippen LogP) is 8.47. The number of hydrogen-bond acceptors (Lipinski definition) is 3. The van der Waals surface area contributed by atoms with Crippen LogP contribution in [0.25, 0.3) is 66.5 Å². The molecule has 0 unspecified atom stereocenters. The summed E-state index contributed by atoms with van der Waals surface area (Å²) in [6, 6.07) is 39.6. The maximum atomic E-state index is 14.8. The topological polar surface area (TPSA) is 38.7 Å². The van der Waals surface area contributed by atoms with Crippen molar-refractivity contribution in [1.29, 1.82) is 0 Å². The van der Waals surface area contributed by atoms with Crippen LogP contribution in [0.1, 0.15) is 0 Å². The van der Waals surface area contributed by atoms with Crippen LogP contribution in [0.3, 0.4) is 0 Å². The lowest BCUT2D eigenvalue weighted by Gasteiger charge is -2.12. The Hall–Kier alpha value is -4.96. The highest BCUT2D eigenvalue weighted by atomic mass is 19.1. The third kappa shape index (κ3) is 3.62. The molecule has 0 N–H and O–H groups in total. The van der Waals surface area contributed by atoms with Gasteiger partial charge in [-0.25, -0.2) is 19.3 Å². The molecule has 37 heavy (non-hydrogen) atoms. The van der Waals surface area contributed by atoms with Gasteiger partial charge in [0, 0.05) is 11.1 Å². The van der Waals surface area contributed by atoms with Crippen LogP contribution in [-0.4, -0.2) is 15.0 Å². The Bertz CT molecular complexity index is 1910. The molecule has 7 rings (SSSR count). The Morgan fingerprint density at radius 2 is 0.865 bits per heavy atom. The molecule has 0 saturated carbocycles. The second-order valence-electron chi connectivity index (χ2n) is 9.00. The van der Waals surface area contributed by atoms with Crippen LogP contribution >= 0.6 is 0 Å². The summed E-state index contributed by atoms with van der Waals surface area (Å²) < 4.78 is 14.8. The van der Waals surface area contributed by atoms with Crippen molar-refractivity contribution in [2.24, 2.45) is 0 Å². The maximum absolute atomic E-state index is 14.8. The fraction of sp³-hybridized carbons (Fsp3) is 0. The van der Waals surface area contributed by atoms with E-state index in [4.69, 9.17) is 9.97 Å². The quantitative estimate of drug-likeness (QED) is 0.240. The number of rotatable bonds is 3. The molecule has 7 aromatic rings. The molecule has 0 spiro atoms. The lowest BCUT2D eigenvalue weighted by Crippen LogP contribution is -2.01. The Labute approximate surface area is 212 Å². The van der Waals surface area contributed by atoms with Gasteiger partial charge in [-0.2, -0.15) is 0 Å². The van der Waals surface area contributed by atoms with Crippen LogP contribution in [0.15, 0.2) is 121 Å². The molecule has 0 saturated heterocycles. The molecule has 6 aromatic carbocycles. The van der Waals surface area contributed by atoms with Gasteiger partial charge in [-0.05, 0) is 50.5 Å². The Morgan fingerprint density at radius 1 is 0.378 bits per heavy atom. The van der Waals surface area contributed by atoms with E-state index in [1.807, 2.05) is 36.4 Å². The molecule has 0 aliphatic carbocycles. The third-order valence-corrected chi connectivity index (χ3v) is 6.78. The smallest absolute Gasteiger partial charge is 0.167 e. The molecule has 1 heterocycles. The van der Waals surface area contributed by atoms with E-state index in [9.17, 15) is 4.39 Å². The Morgan fingerprint density at radius 3 is 1.51 bits per heavy atom. The van der Waals surface area contributed by atoms with E-state index in [0.717, 1.165) is 16.5 Å². The summed E-state index contributed by atoms with van der Waals surface area (Å²) in [5.41, 5.74) is 2.05. The maximum Gasteiger partial charge on any atom is 0.167 e. The van der Waals surface area contributed by atoms with Gasteiger partial charge in [-0.15, -0.1) is 0 Å². The minimum absolute atomic E-state index is 0.311. The van der Waals surface area contributed by atoms with Crippen LogP contribution in [0.5, 0.6) is 0 Å². The van der Waals surface area contributed by atoms with Gasteiger partial charge in [0.2, 0.25) is 0 Å². The third-order valence-electron chi connectivity index (χ3n) is 6.78. The Balaban J connectivity index is 1.51. The molecule has 0 amide bonds. The van der Waals surface area contributed by atoms with Gasteiger partial charge >= 0.3 is 0 Å². The van der Waals surface area contributed by atoms with Crippen LogP contribution in [0.4, 0.5) is 4.39 Å². The predicted molar refractivity (Wildman–Crippen MR) is 149 cm³/mol. The summed E-state index contributed by atoms with van der Waals surface area (Å²) in [7, 11) is 0. The first-order valence-electron chi connectivity index (χ1n) is 12.2. The van der Waals surface area contributed by atoms with E-state index >= 15 is 0 Å². The van der Waals surface area contributed by atoms with Crippen molar-refractivity contribution >= 4 is 32.3 Å². The summed E-state index contributed by atoms with van der Waals surface area (Å²) in [6.45, 7) is 0. The van der Waals surface area contributed by atoms with Crippen molar-refractivity contribution in [3.05, 3.63) is 127 Å². The molecule has 174 valence electrons. The average molecular weight is 478 g/mol. The van der Waals surface area contributed by atoms with Gasteiger partial charge in [0.25, 0.3) is 0 Å². The zero-order chi connectivity index (χ0) is 24.8. The van der Waals surface area contributed by atoms with Crippen molar-refractivity contribution in [2.45, 2.75) is 0 Å². The normalized spacial score (nSPS) is 11.4. The molecule has 0 fully saturated rings. The monoisotopic (exact) mass is 477 g/mol. The van der Waals surface area contributed by atoms with E-state index in [2.05, 4.69) is 65.6 Å². The van der Waals surface area contributed by atoms with Crippen molar-refractivity contribution in [3.63, 3.8) is 0 Å². The first kappa shape index (κ1) is 21.3. The van der Waals surface area contributed by atoms with Crippen LogP contribution in [0, 0.1) is 5.82 Å². The number of benzene rings is 6. The minimum Gasteiger partial charge on any atom is -0.208 e. The molecule has 0 bridgehead atoms. The van der Waals surface area contributed by atoms with Gasteiger partial charge < -0.3 is 0 Å². The zero-order valence-electron chi connectivity index (χ0n) is 19.8. The number of nitrogens with zero attached hydrogens (tertiary/aromatic N) is 3. The summed E-state index contributed by atoms with van der Waals surface area (Å²) >= 11 is 0. The number of halogens is 1. The van der Waals surface area contributed by atoms with Crippen molar-refractivity contribution < 1.29 is 4.39 Å². The van der Waals surface area contributed by atoms with Gasteiger partial charge in [-0.1, -0.05) is 103 Å². The van der Waals surface area contributed by atoms with E-state index in [1.54, 1.807) is 18.2 Å². The van der Waals surface area contributed by atoms with Gasteiger partial charge in [0.15, 0.2) is 17.5 Å². The second kappa shape index (κ2) is 8.61. The lowest BCUT2D eigenvalue weighted by molar-refractivity contribution is 0.630. The molecule has 0 radical (unpaired) electrons. The van der Waals surface area contributed by atoms with E-state index < -0.39 is 0 Å². The number of aromatic nitrogens is 3. The molecule has 3 nitrogen and oxygen atoms in total. The van der Waals surface area contributed by atoms with Gasteiger partial charge in [0.05, 0.1) is 5.56 Å². The van der Waals surface area contributed by atoms with E-state index in [-0.39, 0.29) is 5.82 Å². The first-order valence-corrected chi connectivity index (χ1v) is 12.2. The average Bonchev–Trinajstić information content (AvgIpc) is 2.97. The van der Waals surface area contributed by atoms with Crippen LogP contribution in [0.2, 0.25) is 0 Å². The fourth-order valence-electron chi connectivity index (χ4n) is 5.03. The van der Waals surface area contributed by atoms with Gasteiger partial charge in [-0.3, -0.25) is 0 Å². The fourth-order valence-corrected chi connectivity index (χ4v) is 5.03. The van der Waals surface area contributed by atoms with Crippen LogP contribution in [-0.2, 0) is 0 Å². The summed E-state index contributed by atoms with van der Waals surface area (Å²) in [5, 5.41) is 7.10. The molecule has 0 aliphatic rings. The van der Waals surface area contributed by atoms with Crippen LogP contribution < -0.4 is 0 Å². The molecule has 0 aliphatic heterocycles. The first-order chi connectivity index (χ1) is 18.3. The summed E-state index contributed by atoms with van der Waals surface area (Å²) in [4.78, 5) is 14.2. The minimum atomic E-state index is -0.366. The lowest BCUT2D eigenvalue weighted by atomic mass is 9.93. The molecule has 4 heteroatoms. The number of hydrogen-bond donors (Lipinski definition) is 0. The second-order valence-corrected chi connectivity index (χ2v) is 9.00. The summed E-state index contributed by atoms with van der Waals surface area (Å²) in [6.07, 6.45) is 0. The Kier molecular flexibility index (Phi) is 4.96. The molecule has 0 atom stereocenters. The zero-order valence-corrected chi connectivity index (χ0v) is 19.8. The highest BCUT2D eigenvalue weighted by Crippen LogP contribution is 2.37. The standard InChI is InChI=1S/C33H20FN3/c34-30-17-9-8-16-28(30)33-36-31(21-10-2-1-3-11-21)35-32(37-33)22-18-19-27-25-14-5-4-12-23(25)24-13-6-7-15-26(24)29(27)20-22/h1-20H. The summed E-state index contributed by atoms with van der Waals surface area (Å²) in [5.74, 6) is 0.957. The SMILES string of the molecule is Fc1ccccc1-c1nc(-c2ccccc2)nc(-c2ccc3c4ccccc4c4ccccc4c3c2)n1. The van der Waals surface area contributed by atoms with Crippen molar-refractivity contribution in [3.8, 4) is 34.2 Å². The largest absolute Gasteiger partial charge is 0.208 e. The van der Waals surface area contributed by atoms with Crippen molar-refractivity contribution in [1.82, 2.24) is 15.0 Å².